The zero-order valence-electron chi connectivity index (χ0n) is 13.4. The lowest BCUT2D eigenvalue weighted by Crippen LogP contribution is -2.46. The molecule has 1 aliphatic carbocycles. The lowest BCUT2D eigenvalue weighted by atomic mass is 9.73. The summed E-state index contributed by atoms with van der Waals surface area (Å²) in [6.07, 6.45) is 7.56. The van der Waals surface area contributed by atoms with Gasteiger partial charge in [0.1, 0.15) is 0 Å². The number of aliphatic hydroxyl groups is 1. The lowest BCUT2D eigenvalue weighted by Gasteiger charge is -2.41. The van der Waals surface area contributed by atoms with Crippen molar-refractivity contribution in [3.63, 3.8) is 0 Å². The number of rotatable bonds is 8. The topological polar surface area (TPSA) is 35.5 Å². The van der Waals surface area contributed by atoms with E-state index in [9.17, 15) is 5.11 Å². The van der Waals surface area contributed by atoms with E-state index in [0.29, 0.717) is 11.5 Å². The second-order valence-corrected chi connectivity index (χ2v) is 6.97. The molecule has 1 rings (SSSR count). The van der Waals surface area contributed by atoms with E-state index in [1.807, 2.05) is 6.92 Å². The quantitative estimate of drug-likeness (QED) is 0.712. The molecule has 1 saturated carbocycles. The largest absolute Gasteiger partial charge is 0.393 e. The van der Waals surface area contributed by atoms with E-state index in [1.54, 1.807) is 0 Å². The van der Waals surface area contributed by atoms with E-state index >= 15 is 0 Å². The van der Waals surface area contributed by atoms with Gasteiger partial charge in [-0.3, -0.25) is 0 Å². The van der Waals surface area contributed by atoms with Crippen LogP contribution in [0.15, 0.2) is 0 Å². The Labute approximate surface area is 119 Å². The maximum atomic E-state index is 9.41. The summed E-state index contributed by atoms with van der Waals surface area (Å²) in [5, 5.41) is 13.1. The van der Waals surface area contributed by atoms with Crippen molar-refractivity contribution in [3.8, 4) is 0 Å². The Morgan fingerprint density at radius 1 is 1.16 bits per heavy atom. The molecule has 0 aromatic rings. The summed E-state index contributed by atoms with van der Waals surface area (Å²) in [6, 6.07) is 0.571. The molecule has 1 aliphatic rings. The zero-order valence-corrected chi connectivity index (χ0v) is 13.4. The molecule has 0 heterocycles. The highest BCUT2D eigenvalue weighted by Crippen LogP contribution is 2.36. The highest BCUT2D eigenvalue weighted by molar-refractivity contribution is 4.87. The molecule has 19 heavy (non-hydrogen) atoms. The maximum Gasteiger partial charge on any atom is 0.0524 e. The van der Waals surface area contributed by atoms with Crippen molar-refractivity contribution in [2.75, 3.05) is 26.7 Å². The van der Waals surface area contributed by atoms with E-state index in [-0.39, 0.29) is 6.10 Å². The second-order valence-electron chi connectivity index (χ2n) is 6.97. The molecule has 114 valence electrons. The first kappa shape index (κ1) is 16.9. The van der Waals surface area contributed by atoms with Crippen molar-refractivity contribution in [3.05, 3.63) is 0 Å². The molecule has 0 spiro atoms. The van der Waals surface area contributed by atoms with Crippen LogP contribution in [0.1, 0.15) is 59.3 Å². The Hall–Kier alpha value is -0.120. The first-order valence-electron chi connectivity index (χ1n) is 8.03. The van der Waals surface area contributed by atoms with Crippen molar-refractivity contribution in [2.24, 2.45) is 5.41 Å². The van der Waals surface area contributed by atoms with E-state index in [4.69, 9.17) is 0 Å². The van der Waals surface area contributed by atoms with Crippen LogP contribution in [0, 0.1) is 5.41 Å². The molecule has 3 nitrogen and oxygen atoms in total. The predicted octanol–water partition coefficient (Wildman–Crippen LogP) is 2.64. The van der Waals surface area contributed by atoms with Crippen LogP contribution in [0.4, 0.5) is 0 Å². The van der Waals surface area contributed by atoms with E-state index in [0.717, 1.165) is 19.5 Å². The molecule has 0 radical (unpaired) electrons. The average molecular weight is 270 g/mol. The summed E-state index contributed by atoms with van der Waals surface area (Å²) < 4.78 is 0. The van der Waals surface area contributed by atoms with Crippen LogP contribution in [0.3, 0.4) is 0 Å². The van der Waals surface area contributed by atoms with Crippen molar-refractivity contribution in [1.82, 2.24) is 10.2 Å². The molecule has 0 bridgehead atoms. The molecular weight excluding hydrogens is 236 g/mol. The number of nitrogens with one attached hydrogen (secondary N) is 1. The Morgan fingerprint density at radius 2 is 1.79 bits per heavy atom. The summed E-state index contributed by atoms with van der Waals surface area (Å²) >= 11 is 0. The fourth-order valence-electron chi connectivity index (χ4n) is 3.17. The van der Waals surface area contributed by atoms with Gasteiger partial charge in [-0.15, -0.1) is 0 Å². The fourth-order valence-corrected chi connectivity index (χ4v) is 3.17. The molecule has 1 fully saturated rings. The summed E-state index contributed by atoms with van der Waals surface area (Å²) in [5.74, 6) is 0. The number of hydrogen-bond donors (Lipinski definition) is 2. The minimum Gasteiger partial charge on any atom is -0.393 e. The SMILES string of the molecule is CC(O)CCN(C)CC1(CNC(C)C)CCCCC1. The van der Waals surface area contributed by atoms with Gasteiger partial charge in [0.2, 0.25) is 0 Å². The third kappa shape index (κ3) is 6.73. The highest BCUT2D eigenvalue weighted by atomic mass is 16.3. The third-order valence-electron chi connectivity index (χ3n) is 4.33. The number of hydrogen-bond acceptors (Lipinski definition) is 3. The van der Waals surface area contributed by atoms with Crippen LogP contribution in [0.25, 0.3) is 0 Å². The van der Waals surface area contributed by atoms with Gasteiger partial charge in [0.25, 0.3) is 0 Å². The molecule has 3 heteroatoms. The highest BCUT2D eigenvalue weighted by Gasteiger charge is 2.32. The van der Waals surface area contributed by atoms with Crippen LogP contribution in [0.5, 0.6) is 0 Å². The van der Waals surface area contributed by atoms with E-state index < -0.39 is 0 Å². The normalized spacial score (nSPS) is 21.0. The van der Waals surface area contributed by atoms with E-state index in [1.165, 1.54) is 38.6 Å². The van der Waals surface area contributed by atoms with Gasteiger partial charge in [-0.2, -0.15) is 0 Å². The minimum absolute atomic E-state index is 0.182. The Morgan fingerprint density at radius 3 is 2.32 bits per heavy atom. The Balaban J connectivity index is 2.48. The van der Waals surface area contributed by atoms with Gasteiger partial charge < -0.3 is 15.3 Å². The summed E-state index contributed by atoms with van der Waals surface area (Å²) in [4.78, 5) is 2.42. The Kier molecular flexibility index (Phi) is 7.33. The predicted molar refractivity (Wildman–Crippen MR) is 82.5 cm³/mol. The molecule has 0 aromatic heterocycles. The average Bonchev–Trinajstić information content (AvgIpc) is 2.35. The summed E-state index contributed by atoms with van der Waals surface area (Å²) in [6.45, 7) is 9.65. The standard InChI is InChI=1S/C16H34N2O/c1-14(2)17-12-16(9-6-5-7-10-16)13-18(4)11-8-15(3)19/h14-15,17,19H,5-13H2,1-4H3. The van der Waals surface area contributed by atoms with Crippen LogP contribution in [0.2, 0.25) is 0 Å². The first-order chi connectivity index (χ1) is 8.93. The number of aliphatic hydroxyl groups excluding tert-OH is 1. The van der Waals surface area contributed by atoms with Crippen LogP contribution < -0.4 is 5.32 Å². The van der Waals surface area contributed by atoms with Crippen molar-refractivity contribution < 1.29 is 5.11 Å². The summed E-state index contributed by atoms with van der Waals surface area (Å²) in [5.41, 5.74) is 0.454. The molecule has 0 aromatic carbocycles. The monoisotopic (exact) mass is 270 g/mol. The molecule has 2 N–H and O–H groups in total. The molecule has 0 aliphatic heterocycles. The molecule has 0 saturated heterocycles. The van der Waals surface area contributed by atoms with Crippen LogP contribution in [-0.2, 0) is 0 Å². The van der Waals surface area contributed by atoms with Crippen molar-refractivity contribution in [2.45, 2.75) is 71.4 Å². The maximum absolute atomic E-state index is 9.41. The van der Waals surface area contributed by atoms with E-state index in [2.05, 4.69) is 31.1 Å². The van der Waals surface area contributed by atoms with Gasteiger partial charge in [-0.05, 0) is 38.6 Å². The summed E-state index contributed by atoms with van der Waals surface area (Å²) in [7, 11) is 2.20. The minimum atomic E-state index is -0.182. The second kappa shape index (κ2) is 8.23. The smallest absolute Gasteiger partial charge is 0.0524 e. The van der Waals surface area contributed by atoms with Crippen molar-refractivity contribution >= 4 is 0 Å². The number of nitrogens with zero attached hydrogens (tertiary/aromatic N) is 1. The van der Waals surface area contributed by atoms with Gasteiger partial charge in [0, 0.05) is 25.7 Å². The third-order valence-corrected chi connectivity index (χ3v) is 4.33. The zero-order chi connectivity index (χ0) is 14.3. The van der Waals surface area contributed by atoms with Crippen LogP contribution >= 0.6 is 0 Å². The molecule has 0 amide bonds. The fraction of sp³-hybridized carbons (Fsp3) is 1.00. The molecule has 1 unspecified atom stereocenters. The van der Waals surface area contributed by atoms with Gasteiger partial charge in [-0.25, -0.2) is 0 Å². The lowest BCUT2D eigenvalue weighted by molar-refractivity contribution is 0.100. The molecule has 1 atom stereocenters. The van der Waals surface area contributed by atoms with Gasteiger partial charge in [-0.1, -0.05) is 33.1 Å². The van der Waals surface area contributed by atoms with Crippen molar-refractivity contribution in [1.29, 1.82) is 0 Å². The van der Waals surface area contributed by atoms with Gasteiger partial charge >= 0.3 is 0 Å². The van der Waals surface area contributed by atoms with Crippen LogP contribution in [-0.4, -0.2) is 48.8 Å². The van der Waals surface area contributed by atoms with Gasteiger partial charge in [0.15, 0.2) is 0 Å². The first-order valence-corrected chi connectivity index (χ1v) is 8.03. The Bertz CT molecular complexity index is 235. The van der Waals surface area contributed by atoms with Gasteiger partial charge in [0.05, 0.1) is 6.10 Å². The molecular formula is C16H34N2O.